The van der Waals surface area contributed by atoms with Crippen LogP contribution in [0.4, 0.5) is 4.39 Å². The molecule has 0 aromatic heterocycles. The maximum Gasteiger partial charge on any atom is 0.351 e. The van der Waals surface area contributed by atoms with Crippen molar-refractivity contribution in [2.75, 3.05) is 19.8 Å². The van der Waals surface area contributed by atoms with E-state index >= 15 is 0 Å². The van der Waals surface area contributed by atoms with Gasteiger partial charge in [0.1, 0.15) is 5.82 Å². The molecule has 0 spiro atoms. The Labute approximate surface area is 155 Å². The molecule has 9 heteroatoms. The van der Waals surface area contributed by atoms with Crippen molar-refractivity contribution in [2.45, 2.75) is 32.3 Å². The second-order valence-electron chi connectivity index (χ2n) is 5.71. The minimum absolute atomic E-state index is 0.128. The van der Waals surface area contributed by atoms with E-state index in [9.17, 15) is 18.8 Å². The molecule has 0 saturated carbocycles. The fraction of sp³-hybridized carbons (Fsp3) is 0.444. The van der Waals surface area contributed by atoms with Gasteiger partial charge in [-0.1, -0.05) is 17.3 Å². The molecule has 8 nitrogen and oxygen atoms in total. The largest absolute Gasteiger partial charge is 0.466 e. The van der Waals surface area contributed by atoms with Gasteiger partial charge in [-0.25, -0.2) is 9.18 Å². The number of amides is 1. The number of rotatable bonds is 9. The predicted molar refractivity (Wildman–Crippen MR) is 92.3 cm³/mol. The third-order valence-corrected chi connectivity index (χ3v) is 3.62. The van der Waals surface area contributed by atoms with Crippen LogP contribution in [-0.4, -0.2) is 49.4 Å². The zero-order valence-corrected chi connectivity index (χ0v) is 14.9. The third kappa shape index (κ3) is 6.69. The second kappa shape index (κ2) is 10.2. The van der Waals surface area contributed by atoms with Gasteiger partial charge in [-0.3, -0.25) is 9.59 Å². The van der Waals surface area contributed by atoms with Gasteiger partial charge in [-0.2, -0.15) is 0 Å². The van der Waals surface area contributed by atoms with Gasteiger partial charge in [0.25, 0.3) is 5.91 Å². The lowest BCUT2D eigenvalue weighted by atomic mass is 10.1. The molecule has 0 fully saturated rings. The number of benzene rings is 1. The SMILES string of the molecule is CCOC(=O)CCCNC(=O)COC(=O)C1CC(c2cccc(F)c2)=NO1. The van der Waals surface area contributed by atoms with Crippen LogP contribution in [-0.2, 0) is 28.7 Å². The minimum Gasteiger partial charge on any atom is -0.466 e. The lowest BCUT2D eigenvalue weighted by Gasteiger charge is -2.09. The fourth-order valence-corrected chi connectivity index (χ4v) is 2.32. The van der Waals surface area contributed by atoms with Crippen LogP contribution in [0.1, 0.15) is 31.7 Å². The van der Waals surface area contributed by atoms with Crippen LogP contribution < -0.4 is 5.32 Å². The first-order chi connectivity index (χ1) is 13.0. The summed E-state index contributed by atoms with van der Waals surface area (Å²) >= 11 is 0. The number of hydrogen-bond donors (Lipinski definition) is 1. The average Bonchev–Trinajstić information content (AvgIpc) is 3.14. The lowest BCUT2D eigenvalue weighted by Crippen LogP contribution is -2.32. The number of carbonyl (C=O) groups is 3. The minimum atomic E-state index is -0.972. The summed E-state index contributed by atoms with van der Waals surface area (Å²) in [6, 6.07) is 5.78. The molecule has 1 aliphatic rings. The zero-order valence-electron chi connectivity index (χ0n) is 14.9. The molecular formula is C18H21FN2O6. The van der Waals surface area contributed by atoms with E-state index in [-0.39, 0.29) is 25.4 Å². The highest BCUT2D eigenvalue weighted by molar-refractivity contribution is 6.03. The molecule has 146 valence electrons. The number of carbonyl (C=O) groups excluding carboxylic acids is 3. The van der Waals surface area contributed by atoms with E-state index in [2.05, 4.69) is 10.5 Å². The first kappa shape index (κ1) is 20.3. The summed E-state index contributed by atoms with van der Waals surface area (Å²) in [5.41, 5.74) is 0.949. The molecule has 1 unspecified atom stereocenters. The average molecular weight is 380 g/mol. The normalized spacial score (nSPS) is 15.5. The van der Waals surface area contributed by atoms with Gasteiger partial charge in [-0.15, -0.1) is 0 Å². The standard InChI is InChI=1S/C18H21FN2O6/c1-2-25-17(23)7-4-8-20-16(22)11-26-18(24)15-10-14(21-27-15)12-5-3-6-13(19)9-12/h3,5-6,9,15H,2,4,7-8,10-11H2,1H3,(H,20,22). The van der Waals surface area contributed by atoms with Crippen molar-refractivity contribution in [3.8, 4) is 0 Å². The van der Waals surface area contributed by atoms with E-state index in [0.29, 0.717) is 24.3 Å². The highest BCUT2D eigenvalue weighted by Gasteiger charge is 2.30. The molecule has 1 N–H and O–H groups in total. The fourth-order valence-electron chi connectivity index (χ4n) is 2.32. The van der Waals surface area contributed by atoms with Gasteiger partial charge in [0.05, 0.1) is 12.3 Å². The van der Waals surface area contributed by atoms with Crippen molar-refractivity contribution in [1.82, 2.24) is 5.32 Å². The molecule has 0 radical (unpaired) electrons. The lowest BCUT2D eigenvalue weighted by molar-refractivity contribution is -0.158. The maximum absolute atomic E-state index is 13.2. The third-order valence-electron chi connectivity index (χ3n) is 3.62. The molecular weight excluding hydrogens is 359 g/mol. The second-order valence-corrected chi connectivity index (χ2v) is 5.71. The first-order valence-electron chi connectivity index (χ1n) is 8.57. The number of oxime groups is 1. The van der Waals surface area contributed by atoms with Crippen LogP contribution in [0.25, 0.3) is 0 Å². The number of hydrogen-bond acceptors (Lipinski definition) is 7. The Morgan fingerprint density at radius 2 is 2.15 bits per heavy atom. The molecule has 1 aromatic rings. The summed E-state index contributed by atoms with van der Waals surface area (Å²) in [5, 5.41) is 6.31. The molecule has 1 aromatic carbocycles. The quantitative estimate of drug-likeness (QED) is 0.512. The Morgan fingerprint density at radius 3 is 2.89 bits per heavy atom. The van der Waals surface area contributed by atoms with Crippen LogP contribution in [0.2, 0.25) is 0 Å². The van der Waals surface area contributed by atoms with E-state index in [0.717, 1.165) is 0 Å². The van der Waals surface area contributed by atoms with Gasteiger partial charge in [0, 0.05) is 24.9 Å². The van der Waals surface area contributed by atoms with Crippen LogP contribution in [0.3, 0.4) is 0 Å². The van der Waals surface area contributed by atoms with Gasteiger partial charge in [0.15, 0.2) is 6.61 Å². The molecule has 1 amide bonds. The Bertz CT molecular complexity index is 722. The Balaban J connectivity index is 1.65. The van der Waals surface area contributed by atoms with Gasteiger partial charge < -0.3 is 19.6 Å². The van der Waals surface area contributed by atoms with Gasteiger partial charge in [0.2, 0.25) is 6.10 Å². The molecule has 0 bridgehead atoms. The van der Waals surface area contributed by atoms with E-state index in [1.807, 2.05) is 0 Å². The summed E-state index contributed by atoms with van der Waals surface area (Å²) in [6.07, 6.45) is -0.220. The van der Waals surface area contributed by atoms with E-state index < -0.39 is 30.4 Å². The maximum atomic E-state index is 13.2. The summed E-state index contributed by atoms with van der Waals surface area (Å²) in [5.74, 6) is -1.96. The molecule has 2 rings (SSSR count). The van der Waals surface area contributed by atoms with Crippen LogP contribution in [0, 0.1) is 5.82 Å². The van der Waals surface area contributed by atoms with Gasteiger partial charge >= 0.3 is 11.9 Å². The van der Waals surface area contributed by atoms with Crippen LogP contribution in [0.15, 0.2) is 29.4 Å². The molecule has 1 heterocycles. The predicted octanol–water partition coefficient (Wildman–Crippen LogP) is 1.32. The smallest absolute Gasteiger partial charge is 0.351 e. The number of nitrogens with zero attached hydrogens (tertiary/aromatic N) is 1. The topological polar surface area (TPSA) is 103 Å². The van der Waals surface area contributed by atoms with Crippen molar-refractivity contribution < 1.29 is 33.1 Å². The van der Waals surface area contributed by atoms with Crippen molar-refractivity contribution in [3.63, 3.8) is 0 Å². The Morgan fingerprint density at radius 1 is 1.33 bits per heavy atom. The molecule has 27 heavy (non-hydrogen) atoms. The molecule has 1 atom stereocenters. The monoisotopic (exact) mass is 380 g/mol. The van der Waals surface area contributed by atoms with Crippen LogP contribution >= 0.6 is 0 Å². The molecule has 0 aliphatic carbocycles. The number of nitrogens with one attached hydrogen (secondary N) is 1. The number of halogens is 1. The number of ether oxygens (including phenoxy) is 2. The van der Waals surface area contributed by atoms with Crippen molar-refractivity contribution in [3.05, 3.63) is 35.6 Å². The zero-order chi connectivity index (χ0) is 19.6. The van der Waals surface area contributed by atoms with Crippen molar-refractivity contribution >= 4 is 23.6 Å². The van der Waals surface area contributed by atoms with E-state index in [4.69, 9.17) is 14.3 Å². The number of esters is 2. The van der Waals surface area contributed by atoms with Crippen molar-refractivity contribution in [1.29, 1.82) is 0 Å². The summed E-state index contributed by atoms with van der Waals surface area (Å²) in [4.78, 5) is 39.7. The highest BCUT2D eigenvalue weighted by atomic mass is 19.1. The van der Waals surface area contributed by atoms with E-state index in [1.54, 1.807) is 13.0 Å². The molecule has 1 aliphatic heterocycles. The van der Waals surface area contributed by atoms with E-state index in [1.165, 1.54) is 18.2 Å². The highest BCUT2D eigenvalue weighted by Crippen LogP contribution is 2.18. The molecule has 0 saturated heterocycles. The van der Waals surface area contributed by atoms with Crippen LogP contribution in [0.5, 0.6) is 0 Å². The Hall–Kier alpha value is -2.97. The van der Waals surface area contributed by atoms with Crippen molar-refractivity contribution in [2.24, 2.45) is 5.16 Å². The summed E-state index contributed by atoms with van der Waals surface area (Å²) in [7, 11) is 0. The summed E-state index contributed by atoms with van der Waals surface area (Å²) in [6.45, 7) is 1.83. The summed E-state index contributed by atoms with van der Waals surface area (Å²) < 4.78 is 22.9. The first-order valence-corrected chi connectivity index (χ1v) is 8.57. The Kier molecular flexibility index (Phi) is 7.72. The van der Waals surface area contributed by atoms with Gasteiger partial charge in [-0.05, 0) is 25.5 Å².